The number of nitrogens with zero attached hydrogens (tertiary/aromatic N) is 2. The molecule has 2 unspecified atom stereocenters. The second kappa shape index (κ2) is 11.8. The molecule has 26 heavy (non-hydrogen) atoms. The highest BCUT2D eigenvalue weighted by Crippen LogP contribution is 2.20. The van der Waals surface area contributed by atoms with Crippen molar-refractivity contribution >= 4 is 29.9 Å². The van der Waals surface area contributed by atoms with Crippen LogP contribution in [0.4, 0.5) is 0 Å². The summed E-state index contributed by atoms with van der Waals surface area (Å²) in [4.78, 5) is 7.13. The standard InChI is InChI=1S/C20H34N4O.HI/c1-4-21-19(22-14-17(2)15-24-12-8-9-13-24)23-16-20(3,25)18-10-6-5-7-11-18;/h5-7,10-11,17,25H,4,8-9,12-16H2,1-3H3,(H2,21,22,23);1H. The highest BCUT2D eigenvalue weighted by Gasteiger charge is 2.22. The van der Waals surface area contributed by atoms with Crippen molar-refractivity contribution in [1.82, 2.24) is 15.5 Å². The van der Waals surface area contributed by atoms with E-state index in [0.717, 1.165) is 31.2 Å². The quantitative estimate of drug-likeness (QED) is 0.308. The molecule has 1 saturated heterocycles. The second-order valence-electron chi connectivity index (χ2n) is 7.33. The Balaban J connectivity index is 0.00000338. The van der Waals surface area contributed by atoms with E-state index in [4.69, 9.17) is 0 Å². The van der Waals surface area contributed by atoms with E-state index < -0.39 is 5.60 Å². The first-order valence-electron chi connectivity index (χ1n) is 9.53. The van der Waals surface area contributed by atoms with Crippen LogP contribution in [-0.4, -0.2) is 55.2 Å². The summed E-state index contributed by atoms with van der Waals surface area (Å²) < 4.78 is 0. The lowest BCUT2D eigenvalue weighted by Crippen LogP contribution is -2.42. The predicted molar refractivity (Wildman–Crippen MR) is 120 cm³/mol. The van der Waals surface area contributed by atoms with Crippen LogP contribution in [0, 0.1) is 5.92 Å². The predicted octanol–water partition coefficient (Wildman–Crippen LogP) is 2.80. The Hall–Kier alpha value is -0.860. The lowest BCUT2D eigenvalue weighted by molar-refractivity contribution is 0.0672. The number of aliphatic hydroxyl groups is 1. The number of hydrogen-bond acceptors (Lipinski definition) is 3. The van der Waals surface area contributed by atoms with Crippen molar-refractivity contribution in [3.63, 3.8) is 0 Å². The van der Waals surface area contributed by atoms with Gasteiger partial charge in [-0.05, 0) is 51.3 Å². The molecule has 2 rings (SSSR count). The van der Waals surface area contributed by atoms with Crippen LogP contribution in [0.25, 0.3) is 0 Å². The minimum absolute atomic E-state index is 0. The molecule has 5 nitrogen and oxygen atoms in total. The lowest BCUT2D eigenvalue weighted by atomic mass is 9.96. The van der Waals surface area contributed by atoms with Gasteiger partial charge in [-0.2, -0.15) is 0 Å². The van der Waals surface area contributed by atoms with Crippen LogP contribution in [0.2, 0.25) is 0 Å². The third-order valence-electron chi connectivity index (χ3n) is 4.67. The largest absolute Gasteiger partial charge is 0.384 e. The maximum absolute atomic E-state index is 10.7. The highest BCUT2D eigenvalue weighted by atomic mass is 127. The lowest BCUT2D eigenvalue weighted by Gasteiger charge is -2.24. The van der Waals surface area contributed by atoms with Crippen LogP contribution in [0.5, 0.6) is 0 Å². The summed E-state index contributed by atoms with van der Waals surface area (Å²) in [6.07, 6.45) is 2.66. The van der Waals surface area contributed by atoms with Gasteiger partial charge in [0.15, 0.2) is 5.96 Å². The van der Waals surface area contributed by atoms with Gasteiger partial charge in [0.05, 0.1) is 6.54 Å². The highest BCUT2D eigenvalue weighted by molar-refractivity contribution is 14.0. The Kier molecular flexibility index (Phi) is 10.5. The molecule has 1 heterocycles. The molecular formula is C20H35IN4O. The Labute approximate surface area is 175 Å². The van der Waals surface area contributed by atoms with Crippen LogP contribution < -0.4 is 10.6 Å². The van der Waals surface area contributed by atoms with Gasteiger partial charge in [-0.3, -0.25) is 0 Å². The molecule has 3 N–H and O–H groups in total. The van der Waals surface area contributed by atoms with E-state index in [1.165, 1.54) is 25.9 Å². The fourth-order valence-corrected chi connectivity index (χ4v) is 3.20. The fraction of sp³-hybridized carbons (Fsp3) is 0.650. The van der Waals surface area contributed by atoms with Gasteiger partial charge in [0.2, 0.25) is 0 Å². The van der Waals surface area contributed by atoms with Gasteiger partial charge in [0, 0.05) is 19.6 Å². The summed E-state index contributed by atoms with van der Waals surface area (Å²) in [5.74, 6) is 1.34. The van der Waals surface area contributed by atoms with Crippen molar-refractivity contribution in [2.75, 3.05) is 39.3 Å². The van der Waals surface area contributed by atoms with Gasteiger partial charge in [-0.25, -0.2) is 4.99 Å². The van der Waals surface area contributed by atoms with E-state index in [-0.39, 0.29) is 24.0 Å². The van der Waals surface area contributed by atoms with Gasteiger partial charge >= 0.3 is 0 Å². The summed E-state index contributed by atoms with van der Waals surface area (Å²) in [5, 5.41) is 17.4. The monoisotopic (exact) mass is 474 g/mol. The second-order valence-corrected chi connectivity index (χ2v) is 7.33. The van der Waals surface area contributed by atoms with Crippen LogP contribution >= 0.6 is 24.0 Å². The van der Waals surface area contributed by atoms with Crippen molar-refractivity contribution in [2.24, 2.45) is 10.9 Å². The van der Waals surface area contributed by atoms with E-state index in [0.29, 0.717) is 12.5 Å². The third-order valence-corrected chi connectivity index (χ3v) is 4.67. The molecule has 1 fully saturated rings. The fourth-order valence-electron chi connectivity index (χ4n) is 3.20. The summed E-state index contributed by atoms with van der Waals surface area (Å²) in [6.45, 7) is 11.8. The summed E-state index contributed by atoms with van der Waals surface area (Å²) >= 11 is 0. The van der Waals surface area contributed by atoms with Gasteiger partial charge in [0.25, 0.3) is 0 Å². The van der Waals surface area contributed by atoms with Crippen LogP contribution in [0.3, 0.4) is 0 Å². The maximum atomic E-state index is 10.7. The van der Waals surface area contributed by atoms with Crippen molar-refractivity contribution in [1.29, 1.82) is 0 Å². The molecule has 1 aliphatic rings. The number of rotatable bonds is 8. The first-order chi connectivity index (χ1) is 12.0. The Bertz CT molecular complexity index is 530. The number of guanidine groups is 1. The first-order valence-corrected chi connectivity index (χ1v) is 9.53. The molecule has 0 spiro atoms. The zero-order valence-corrected chi connectivity index (χ0v) is 18.7. The number of hydrogen-bond donors (Lipinski definition) is 3. The Morgan fingerprint density at radius 1 is 1.23 bits per heavy atom. The molecule has 0 saturated carbocycles. The molecule has 2 atom stereocenters. The van der Waals surface area contributed by atoms with Crippen molar-refractivity contribution < 1.29 is 5.11 Å². The van der Waals surface area contributed by atoms with Gasteiger partial charge in [0.1, 0.15) is 5.60 Å². The molecule has 0 aliphatic carbocycles. The molecule has 6 heteroatoms. The van der Waals surface area contributed by atoms with Crippen molar-refractivity contribution in [2.45, 2.75) is 39.2 Å². The van der Waals surface area contributed by atoms with Crippen molar-refractivity contribution in [3.8, 4) is 0 Å². The number of benzene rings is 1. The maximum Gasteiger partial charge on any atom is 0.191 e. The average molecular weight is 474 g/mol. The minimum Gasteiger partial charge on any atom is -0.384 e. The zero-order valence-electron chi connectivity index (χ0n) is 16.4. The number of nitrogens with one attached hydrogen (secondary N) is 2. The van der Waals surface area contributed by atoms with Crippen LogP contribution in [0.1, 0.15) is 39.2 Å². The van der Waals surface area contributed by atoms with E-state index in [9.17, 15) is 5.11 Å². The molecule has 1 aliphatic heterocycles. The summed E-state index contributed by atoms with van der Waals surface area (Å²) in [7, 11) is 0. The molecule has 0 aromatic heterocycles. The van der Waals surface area contributed by atoms with Gasteiger partial charge in [-0.15, -0.1) is 24.0 Å². The Morgan fingerprint density at radius 3 is 2.50 bits per heavy atom. The smallest absolute Gasteiger partial charge is 0.191 e. The van der Waals surface area contributed by atoms with Gasteiger partial charge in [-0.1, -0.05) is 37.3 Å². The third kappa shape index (κ3) is 7.80. The topological polar surface area (TPSA) is 59.9 Å². The normalized spacial score (nSPS) is 18.7. The molecule has 0 radical (unpaired) electrons. The van der Waals surface area contributed by atoms with E-state index in [1.807, 2.05) is 37.3 Å². The minimum atomic E-state index is -0.967. The number of aliphatic imine (C=N–C) groups is 1. The summed E-state index contributed by atoms with van der Waals surface area (Å²) in [6, 6.07) is 9.71. The van der Waals surface area contributed by atoms with E-state index in [1.54, 1.807) is 0 Å². The molecule has 0 amide bonds. The molecule has 0 bridgehead atoms. The SMILES string of the molecule is CCNC(=NCC(C)(O)c1ccccc1)NCC(C)CN1CCCC1.I. The van der Waals surface area contributed by atoms with Crippen LogP contribution in [0.15, 0.2) is 35.3 Å². The molecule has 148 valence electrons. The number of halogens is 1. The van der Waals surface area contributed by atoms with E-state index >= 15 is 0 Å². The van der Waals surface area contributed by atoms with Gasteiger partial charge < -0.3 is 20.6 Å². The number of likely N-dealkylation sites (tertiary alicyclic amines) is 1. The molecular weight excluding hydrogens is 439 g/mol. The zero-order chi connectivity index (χ0) is 18.1. The average Bonchev–Trinajstić information content (AvgIpc) is 3.11. The first kappa shape index (κ1) is 23.2. The van der Waals surface area contributed by atoms with E-state index in [2.05, 4.69) is 34.4 Å². The van der Waals surface area contributed by atoms with Crippen molar-refractivity contribution in [3.05, 3.63) is 35.9 Å². The Morgan fingerprint density at radius 2 is 1.88 bits per heavy atom. The summed E-state index contributed by atoms with van der Waals surface area (Å²) in [5.41, 5.74) is -0.0814. The molecule has 1 aromatic carbocycles. The molecule has 1 aromatic rings. The van der Waals surface area contributed by atoms with Crippen LogP contribution in [-0.2, 0) is 5.60 Å².